The average molecular weight is 215 g/mol. The second-order valence-electron chi connectivity index (χ2n) is 3.85. The first kappa shape index (κ1) is 11.2. The Morgan fingerprint density at radius 3 is 2.71 bits per heavy atom. The second-order valence-corrected chi connectivity index (χ2v) is 4.26. The van der Waals surface area contributed by atoms with Crippen molar-refractivity contribution >= 4 is 17.4 Å². The van der Waals surface area contributed by atoms with Gasteiger partial charge in [0.1, 0.15) is 17.2 Å². The first-order valence-corrected chi connectivity index (χ1v) is 4.80. The molecule has 78 valence electrons. The Kier molecular flexibility index (Phi) is 3.29. The molecular formula is C9H15ClN4. The van der Waals surface area contributed by atoms with Gasteiger partial charge in [-0.15, -0.1) is 0 Å². The van der Waals surface area contributed by atoms with E-state index in [2.05, 4.69) is 15.3 Å². The van der Waals surface area contributed by atoms with E-state index < -0.39 is 0 Å². The summed E-state index contributed by atoms with van der Waals surface area (Å²) in [5.41, 5.74) is 5.57. The van der Waals surface area contributed by atoms with Crippen LogP contribution in [0.1, 0.15) is 20.8 Å². The van der Waals surface area contributed by atoms with Crippen LogP contribution in [-0.4, -0.2) is 21.5 Å². The van der Waals surface area contributed by atoms with Crippen molar-refractivity contribution < 1.29 is 0 Å². The van der Waals surface area contributed by atoms with Crippen LogP contribution in [0.4, 0.5) is 5.82 Å². The first-order chi connectivity index (χ1) is 6.43. The lowest BCUT2D eigenvalue weighted by atomic mass is 9.97. The molecule has 4 nitrogen and oxygen atoms in total. The van der Waals surface area contributed by atoms with Crippen LogP contribution < -0.4 is 11.1 Å². The van der Waals surface area contributed by atoms with Gasteiger partial charge in [-0.2, -0.15) is 0 Å². The molecule has 0 spiro atoms. The summed E-state index contributed by atoms with van der Waals surface area (Å²) in [5.74, 6) is 0.615. The van der Waals surface area contributed by atoms with E-state index in [-0.39, 0.29) is 11.6 Å². The van der Waals surface area contributed by atoms with E-state index in [1.54, 1.807) is 6.20 Å². The van der Waals surface area contributed by atoms with E-state index >= 15 is 0 Å². The molecule has 0 amide bonds. The lowest BCUT2D eigenvalue weighted by Crippen LogP contribution is -2.47. The van der Waals surface area contributed by atoms with Crippen LogP contribution in [0.25, 0.3) is 0 Å². The van der Waals surface area contributed by atoms with E-state index in [9.17, 15) is 0 Å². The molecule has 0 aromatic carbocycles. The maximum absolute atomic E-state index is 5.91. The smallest absolute Gasteiger partial charge is 0.148 e. The minimum atomic E-state index is -0.252. The van der Waals surface area contributed by atoms with Crippen LogP contribution >= 0.6 is 11.6 Å². The number of nitrogens with zero attached hydrogens (tertiary/aromatic N) is 2. The van der Waals surface area contributed by atoms with E-state index in [0.29, 0.717) is 10.8 Å². The highest BCUT2D eigenvalue weighted by Crippen LogP contribution is 2.21. The van der Waals surface area contributed by atoms with Gasteiger partial charge in [0.2, 0.25) is 0 Å². The standard InChI is InChI=1S/C9H15ClN4/c1-6(11)9(2,3)14-8-7(10)4-12-5-13-8/h4-6H,11H2,1-3H3,(H,12,13,14). The molecule has 14 heavy (non-hydrogen) atoms. The van der Waals surface area contributed by atoms with Crippen LogP contribution in [0.2, 0.25) is 5.02 Å². The second kappa shape index (κ2) is 4.11. The molecule has 1 rings (SSSR count). The van der Waals surface area contributed by atoms with Crippen LogP contribution in [0.15, 0.2) is 12.5 Å². The number of aromatic nitrogens is 2. The molecular weight excluding hydrogens is 200 g/mol. The van der Waals surface area contributed by atoms with Gasteiger partial charge in [-0.3, -0.25) is 0 Å². The zero-order valence-electron chi connectivity index (χ0n) is 8.58. The van der Waals surface area contributed by atoms with E-state index in [1.165, 1.54) is 6.33 Å². The Hall–Kier alpha value is -0.870. The topological polar surface area (TPSA) is 63.8 Å². The molecule has 3 N–H and O–H groups in total. The summed E-state index contributed by atoms with van der Waals surface area (Å²) in [6.45, 7) is 5.92. The Bertz CT molecular complexity index is 311. The van der Waals surface area contributed by atoms with Gasteiger partial charge in [-0.05, 0) is 20.8 Å². The van der Waals surface area contributed by atoms with Crippen molar-refractivity contribution in [1.82, 2.24) is 9.97 Å². The summed E-state index contributed by atoms with van der Waals surface area (Å²) in [4.78, 5) is 7.84. The molecule has 1 unspecified atom stereocenters. The Labute approximate surface area is 88.9 Å². The molecule has 1 aromatic heterocycles. The molecule has 0 aliphatic carbocycles. The number of hydrogen-bond donors (Lipinski definition) is 2. The van der Waals surface area contributed by atoms with Gasteiger partial charge in [-0.1, -0.05) is 11.6 Å². The summed E-state index contributed by atoms with van der Waals surface area (Å²) >= 11 is 5.91. The number of nitrogens with one attached hydrogen (secondary N) is 1. The number of rotatable bonds is 3. The number of anilines is 1. The SMILES string of the molecule is CC(N)C(C)(C)Nc1ncncc1Cl. The fourth-order valence-electron chi connectivity index (χ4n) is 0.824. The lowest BCUT2D eigenvalue weighted by Gasteiger charge is -2.31. The molecule has 1 heterocycles. The largest absolute Gasteiger partial charge is 0.362 e. The Morgan fingerprint density at radius 1 is 1.57 bits per heavy atom. The molecule has 0 aliphatic heterocycles. The molecule has 1 atom stereocenters. The van der Waals surface area contributed by atoms with Crippen molar-refractivity contribution in [2.75, 3.05) is 5.32 Å². The maximum atomic E-state index is 5.91. The van der Waals surface area contributed by atoms with Crippen LogP contribution in [-0.2, 0) is 0 Å². The van der Waals surface area contributed by atoms with Crippen molar-refractivity contribution in [3.8, 4) is 0 Å². The van der Waals surface area contributed by atoms with Crippen LogP contribution in [0.3, 0.4) is 0 Å². The van der Waals surface area contributed by atoms with E-state index in [0.717, 1.165) is 0 Å². The van der Waals surface area contributed by atoms with Gasteiger partial charge in [0.25, 0.3) is 0 Å². The predicted molar refractivity (Wildman–Crippen MR) is 58.4 cm³/mol. The molecule has 1 aromatic rings. The molecule has 0 radical (unpaired) electrons. The van der Waals surface area contributed by atoms with Crippen molar-refractivity contribution in [2.45, 2.75) is 32.4 Å². The van der Waals surface area contributed by atoms with Crippen LogP contribution in [0.5, 0.6) is 0 Å². The quantitative estimate of drug-likeness (QED) is 0.804. The summed E-state index contributed by atoms with van der Waals surface area (Å²) < 4.78 is 0. The van der Waals surface area contributed by atoms with Crippen LogP contribution in [0, 0.1) is 0 Å². The minimum Gasteiger partial charge on any atom is -0.362 e. The first-order valence-electron chi connectivity index (χ1n) is 4.43. The monoisotopic (exact) mass is 214 g/mol. The average Bonchev–Trinajstić information content (AvgIpc) is 2.08. The molecule has 5 heteroatoms. The third kappa shape index (κ3) is 2.56. The van der Waals surface area contributed by atoms with Gasteiger partial charge in [-0.25, -0.2) is 9.97 Å². The Morgan fingerprint density at radius 2 is 2.21 bits per heavy atom. The predicted octanol–water partition coefficient (Wildman–Crippen LogP) is 1.67. The summed E-state index contributed by atoms with van der Waals surface area (Å²) in [5, 5.41) is 3.68. The Balaban J connectivity index is 2.84. The van der Waals surface area contributed by atoms with Crippen molar-refractivity contribution in [1.29, 1.82) is 0 Å². The molecule has 0 fully saturated rings. The number of hydrogen-bond acceptors (Lipinski definition) is 4. The van der Waals surface area contributed by atoms with Gasteiger partial charge in [0, 0.05) is 11.6 Å². The van der Waals surface area contributed by atoms with Gasteiger partial charge >= 0.3 is 0 Å². The van der Waals surface area contributed by atoms with E-state index in [1.807, 2.05) is 20.8 Å². The highest BCUT2D eigenvalue weighted by Gasteiger charge is 2.23. The lowest BCUT2D eigenvalue weighted by molar-refractivity contribution is 0.469. The van der Waals surface area contributed by atoms with Gasteiger partial charge in [0.15, 0.2) is 0 Å². The zero-order chi connectivity index (χ0) is 10.8. The fraction of sp³-hybridized carbons (Fsp3) is 0.556. The molecule has 0 saturated heterocycles. The highest BCUT2D eigenvalue weighted by atomic mass is 35.5. The normalized spacial score (nSPS) is 13.8. The summed E-state index contributed by atoms with van der Waals surface area (Å²) in [7, 11) is 0. The minimum absolute atomic E-state index is 0.00599. The van der Waals surface area contributed by atoms with Crippen molar-refractivity contribution in [3.05, 3.63) is 17.5 Å². The number of nitrogens with two attached hydrogens (primary N) is 1. The fourth-order valence-corrected chi connectivity index (χ4v) is 0.976. The molecule has 0 aliphatic rings. The van der Waals surface area contributed by atoms with Crippen molar-refractivity contribution in [2.24, 2.45) is 5.73 Å². The third-order valence-electron chi connectivity index (χ3n) is 2.25. The van der Waals surface area contributed by atoms with Gasteiger partial charge in [0.05, 0.1) is 6.20 Å². The van der Waals surface area contributed by atoms with E-state index in [4.69, 9.17) is 17.3 Å². The summed E-state index contributed by atoms with van der Waals surface area (Å²) in [6, 6.07) is -0.00599. The third-order valence-corrected chi connectivity index (χ3v) is 2.52. The van der Waals surface area contributed by atoms with Gasteiger partial charge < -0.3 is 11.1 Å². The summed E-state index contributed by atoms with van der Waals surface area (Å²) in [6.07, 6.45) is 3.00. The molecule has 0 bridgehead atoms. The van der Waals surface area contributed by atoms with Crippen molar-refractivity contribution in [3.63, 3.8) is 0 Å². The highest BCUT2D eigenvalue weighted by molar-refractivity contribution is 6.32. The molecule has 0 saturated carbocycles. The zero-order valence-corrected chi connectivity index (χ0v) is 9.34. The maximum Gasteiger partial charge on any atom is 0.148 e. The number of halogens is 1.